The molecule has 1 amide bonds. The first-order valence-corrected chi connectivity index (χ1v) is 11.0. The van der Waals surface area contributed by atoms with E-state index in [0.717, 1.165) is 35.4 Å². The van der Waals surface area contributed by atoms with Crippen LogP contribution < -0.4 is 10.1 Å². The molecule has 9 nitrogen and oxygen atoms in total. The Labute approximate surface area is 184 Å². The van der Waals surface area contributed by atoms with E-state index in [1.54, 1.807) is 9.20 Å². The van der Waals surface area contributed by atoms with Crippen LogP contribution in [0.5, 0.6) is 5.75 Å². The van der Waals surface area contributed by atoms with Crippen molar-refractivity contribution < 1.29 is 9.53 Å². The smallest absolute Gasteiger partial charge is 0.226 e. The van der Waals surface area contributed by atoms with Gasteiger partial charge in [-0.15, -0.1) is 15.3 Å². The van der Waals surface area contributed by atoms with Crippen molar-refractivity contribution in [1.82, 2.24) is 29.6 Å². The molecule has 9 heteroatoms. The molecule has 162 valence electrons. The van der Waals surface area contributed by atoms with Gasteiger partial charge in [0, 0.05) is 17.9 Å². The number of nitrogens with zero attached hydrogens (tertiary/aromatic N) is 6. The van der Waals surface area contributed by atoms with Gasteiger partial charge in [0.25, 0.3) is 0 Å². The highest BCUT2D eigenvalue weighted by molar-refractivity contribution is 5.95. The Balaban J connectivity index is 1.36. The predicted octanol–water partition coefficient (Wildman–Crippen LogP) is 3.41. The zero-order valence-corrected chi connectivity index (χ0v) is 17.7. The van der Waals surface area contributed by atoms with Crippen molar-refractivity contribution in [2.24, 2.45) is 0 Å². The molecular formula is C23H23N7O2. The second-order valence-corrected chi connectivity index (χ2v) is 8.48. The second kappa shape index (κ2) is 7.44. The number of nitrogens with one attached hydrogen (secondary N) is 1. The summed E-state index contributed by atoms with van der Waals surface area (Å²) in [7, 11) is 0. The van der Waals surface area contributed by atoms with Crippen LogP contribution in [0.1, 0.15) is 54.8 Å². The Morgan fingerprint density at radius 3 is 2.69 bits per heavy atom. The summed E-state index contributed by atoms with van der Waals surface area (Å²) >= 11 is 0. The monoisotopic (exact) mass is 429 g/mol. The molecule has 4 heterocycles. The zero-order chi connectivity index (χ0) is 21.7. The van der Waals surface area contributed by atoms with Crippen LogP contribution in [0.2, 0.25) is 0 Å². The minimum Gasteiger partial charge on any atom is -0.490 e. The number of benzene rings is 1. The van der Waals surface area contributed by atoms with Crippen LogP contribution in [0.3, 0.4) is 0 Å². The maximum Gasteiger partial charge on any atom is 0.226 e. The standard InChI is InChI=1S/C23H23N7O2/c1-14-22-18(15-6-8-17(9-7-15)32-16-4-2-3-5-16)12-21(31)25-23(22)30(27-14)20-11-10-19-26-24-13-29(19)28-20/h6-11,13,16,18H,2-5,12H2,1H3,(H,25,31)/t18-/m0/s1. The van der Waals surface area contributed by atoms with Gasteiger partial charge in [-0.2, -0.15) is 14.3 Å². The van der Waals surface area contributed by atoms with E-state index in [9.17, 15) is 4.79 Å². The van der Waals surface area contributed by atoms with Gasteiger partial charge in [-0.1, -0.05) is 12.1 Å². The fraction of sp³-hybridized carbons (Fsp3) is 0.348. The van der Waals surface area contributed by atoms with Gasteiger partial charge < -0.3 is 10.1 Å². The molecule has 0 spiro atoms. The number of aromatic nitrogens is 6. The molecule has 0 radical (unpaired) electrons. The summed E-state index contributed by atoms with van der Waals surface area (Å²) in [6.07, 6.45) is 6.97. The van der Waals surface area contributed by atoms with Crippen LogP contribution in [-0.2, 0) is 4.79 Å². The maximum atomic E-state index is 12.6. The average Bonchev–Trinajstić information content (AvgIpc) is 3.54. The molecule has 1 atom stereocenters. The molecule has 1 fully saturated rings. The van der Waals surface area contributed by atoms with Gasteiger partial charge in [-0.05, 0) is 62.4 Å². The largest absolute Gasteiger partial charge is 0.490 e. The molecule has 0 unspecified atom stereocenters. The number of amides is 1. The Bertz CT molecular complexity index is 1300. The first kappa shape index (κ1) is 19.0. The molecule has 2 aliphatic rings. The minimum atomic E-state index is -0.0772. The highest BCUT2D eigenvalue weighted by Gasteiger charge is 2.33. The molecule has 1 aromatic carbocycles. The fourth-order valence-electron chi connectivity index (χ4n) is 4.81. The summed E-state index contributed by atoms with van der Waals surface area (Å²) in [5, 5.41) is 20.1. The first-order chi connectivity index (χ1) is 15.7. The van der Waals surface area contributed by atoms with Crippen molar-refractivity contribution in [3.8, 4) is 11.6 Å². The molecule has 0 saturated heterocycles. The summed E-state index contributed by atoms with van der Waals surface area (Å²) < 4.78 is 9.38. The van der Waals surface area contributed by atoms with Crippen LogP contribution in [0, 0.1) is 6.92 Å². The third kappa shape index (κ3) is 3.21. The van der Waals surface area contributed by atoms with Gasteiger partial charge in [-0.25, -0.2) is 0 Å². The third-order valence-corrected chi connectivity index (χ3v) is 6.35. The molecule has 1 saturated carbocycles. The van der Waals surface area contributed by atoms with Crippen molar-refractivity contribution in [2.45, 2.75) is 51.0 Å². The summed E-state index contributed by atoms with van der Waals surface area (Å²) in [6, 6.07) is 11.8. The molecule has 32 heavy (non-hydrogen) atoms. The first-order valence-electron chi connectivity index (χ1n) is 11.0. The van der Waals surface area contributed by atoms with Crippen molar-refractivity contribution in [3.63, 3.8) is 0 Å². The Morgan fingerprint density at radius 2 is 1.88 bits per heavy atom. The third-order valence-electron chi connectivity index (χ3n) is 6.35. The minimum absolute atomic E-state index is 0.0414. The number of aryl methyl sites for hydroxylation is 1. The normalized spacial score (nSPS) is 18.7. The van der Waals surface area contributed by atoms with Crippen molar-refractivity contribution >= 4 is 17.4 Å². The topological polar surface area (TPSA) is 99.2 Å². The highest BCUT2D eigenvalue weighted by atomic mass is 16.5. The Hall–Kier alpha value is -3.75. The van der Waals surface area contributed by atoms with Gasteiger partial charge in [0.2, 0.25) is 5.91 Å². The van der Waals surface area contributed by atoms with Crippen molar-refractivity contribution in [3.05, 3.63) is 59.5 Å². The summed E-state index contributed by atoms with van der Waals surface area (Å²) in [5.41, 5.74) is 3.60. The van der Waals surface area contributed by atoms with Crippen LogP contribution in [0.25, 0.3) is 11.5 Å². The van der Waals surface area contributed by atoms with Gasteiger partial charge in [0.15, 0.2) is 11.5 Å². The Kier molecular flexibility index (Phi) is 4.41. The number of ether oxygens (including phenoxy) is 1. The molecule has 6 rings (SSSR count). The van der Waals surface area contributed by atoms with E-state index in [4.69, 9.17) is 9.84 Å². The van der Waals surface area contributed by atoms with Crippen LogP contribution in [-0.4, -0.2) is 41.6 Å². The number of hydrogen-bond acceptors (Lipinski definition) is 6. The van der Waals surface area contributed by atoms with E-state index < -0.39 is 0 Å². The molecule has 1 N–H and O–H groups in total. The van der Waals surface area contributed by atoms with Crippen molar-refractivity contribution in [2.75, 3.05) is 5.32 Å². The summed E-state index contributed by atoms with van der Waals surface area (Å²) in [4.78, 5) is 12.6. The molecule has 1 aliphatic carbocycles. The van der Waals surface area contributed by atoms with Gasteiger partial charge in [0.05, 0.1) is 11.8 Å². The molecule has 1 aliphatic heterocycles. The van der Waals surface area contributed by atoms with E-state index in [1.165, 1.54) is 19.2 Å². The van der Waals surface area contributed by atoms with Gasteiger partial charge in [-0.3, -0.25) is 4.79 Å². The number of anilines is 1. The summed E-state index contributed by atoms with van der Waals surface area (Å²) in [6.45, 7) is 1.97. The number of carbonyl (C=O) groups excluding carboxylic acids is 1. The summed E-state index contributed by atoms with van der Waals surface area (Å²) in [5.74, 6) is 2.02. The maximum absolute atomic E-state index is 12.6. The van der Waals surface area contributed by atoms with E-state index in [2.05, 4.69) is 32.7 Å². The molecular weight excluding hydrogens is 406 g/mol. The van der Waals surface area contributed by atoms with Crippen LogP contribution in [0.15, 0.2) is 42.7 Å². The lowest BCUT2D eigenvalue weighted by Gasteiger charge is -2.24. The van der Waals surface area contributed by atoms with Crippen molar-refractivity contribution in [1.29, 1.82) is 0 Å². The van der Waals surface area contributed by atoms with Crippen LogP contribution in [0.4, 0.5) is 5.82 Å². The lowest BCUT2D eigenvalue weighted by molar-refractivity contribution is -0.116. The van der Waals surface area contributed by atoms with Crippen LogP contribution >= 0.6 is 0 Å². The number of fused-ring (bicyclic) bond motifs is 2. The lowest BCUT2D eigenvalue weighted by atomic mass is 9.86. The van der Waals surface area contributed by atoms with E-state index in [1.807, 2.05) is 31.2 Å². The molecule has 4 aromatic rings. The zero-order valence-electron chi connectivity index (χ0n) is 17.7. The van der Waals surface area contributed by atoms with E-state index >= 15 is 0 Å². The van der Waals surface area contributed by atoms with Gasteiger partial charge in [0.1, 0.15) is 17.9 Å². The highest BCUT2D eigenvalue weighted by Crippen LogP contribution is 2.40. The number of rotatable bonds is 4. The average molecular weight is 429 g/mol. The van der Waals surface area contributed by atoms with E-state index in [-0.39, 0.29) is 11.8 Å². The van der Waals surface area contributed by atoms with E-state index in [0.29, 0.717) is 29.8 Å². The SMILES string of the molecule is Cc1nn(-c2ccc3nncn3n2)c2c1[C@H](c1ccc(OC3CCCC3)cc1)CC(=O)N2. The lowest BCUT2D eigenvalue weighted by Crippen LogP contribution is -2.25. The number of hydrogen-bond donors (Lipinski definition) is 1. The molecule has 3 aromatic heterocycles. The molecule has 0 bridgehead atoms. The Morgan fingerprint density at radius 1 is 1.06 bits per heavy atom. The quantitative estimate of drug-likeness (QED) is 0.534. The second-order valence-electron chi connectivity index (χ2n) is 8.48. The number of carbonyl (C=O) groups is 1. The predicted molar refractivity (Wildman–Crippen MR) is 117 cm³/mol. The van der Waals surface area contributed by atoms with Gasteiger partial charge >= 0.3 is 0 Å². The fourth-order valence-corrected chi connectivity index (χ4v) is 4.81.